The summed E-state index contributed by atoms with van der Waals surface area (Å²) in [6.45, 7) is 6.31. The molecule has 150 valence electrons. The van der Waals surface area contributed by atoms with Crippen LogP contribution in [0.15, 0.2) is 47.4 Å². The summed E-state index contributed by atoms with van der Waals surface area (Å²) < 4.78 is 27.8. The largest absolute Gasteiger partial charge is 0.326 e. The molecule has 2 aromatic rings. The lowest BCUT2D eigenvalue weighted by molar-refractivity contribution is -0.117. The summed E-state index contributed by atoms with van der Waals surface area (Å²) in [7, 11) is -3.61. The third kappa shape index (κ3) is 4.62. The third-order valence-electron chi connectivity index (χ3n) is 5.29. The number of nitrogens with zero attached hydrogens (tertiary/aromatic N) is 1. The molecule has 0 unspecified atom stereocenters. The van der Waals surface area contributed by atoms with Gasteiger partial charge in [0, 0.05) is 24.7 Å². The fraction of sp³-hybridized carbons (Fsp3) is 0.409. The quantitative estimate of drug-likeness (QED) is 0.819. The summed E-state index contributed by atoms with van der Waals surface area (Å²) in [4.78, 5) is 13.0. The van der Waals surface area contributed by atoms with Gasteiger partial charge in [0.25, 0.3) is 0 Å². The second kappa shape index (κ2) is 8.45. The molecule has 1 N–H and O–H groups in total. The number of anilines is 1. The van der Waals surface area contributed by atoms with Gasteiger partial charge in [-0.2, -0.15) is 4.31 Å². The lowest BCUT2D eigenvalue weighted by Gasteiger charge is -2.34. The minimum absolute atomic E-state index is 0.148. The van der Waals surface area contributed by atoms with Crippen LogP contribution in [0.2, 0.25) is 0 Å². The van der Waals surface area contributed by atoms with Crippen LogP contribution in [0.3, 0.4) is 0 Å². The van der Waals surface area contributed by atoms with Gasteiger partial charge in [0.2, 0.25) is 15.9 Å². The highest BCUT2D eigenvalue weighted by molar-refractivity contribution is 7.89. The van der Waals surface area contributed by atoms with Crippen LogP contribution >= 0.6 is 0 Å². The van der Waals surface area contributed by atoms with Crippen molar-refractivity contribution in [2.24, 2.45) is 0 Å². The number of rotatable bonds is 5. The van der Waals surface area contributed by atoms with Crippen molar-refractivity contribution in [3.05, 3.63) is 59.2 Å². The van der Waals surface area contributed by atoms with Gasteiger partial charge in [0.05, 0.1) is 4.90 Å². The monoisotopic (exact) mass is 400 g/mol. The molecule has 1 aliphatic rings. The summed E-state index contributed by atoms with van der Waals surface area (Å²) in [6, 6.07) is 12.5. The number of benzene rings is 2. The van der Waals surface area contributed by atoms with Crippen LogP contribution < -0.4 is 5.32 Å². The van der Waals surface area contributed by atoms with E-state index in [1.165, 1.54) is 4.31 Å². The normalized spacial score (nSPS) is 18.0. The Hall–Kier alpha value is -2.18. The number of hydrogen-bond donors (Lipinski definition) is 1. The first kappa shape index (κ1) is 20.6. The van der Waals surface area contributed by atoms with E-state index in [-0.39, 0.29) is 18.4 Å². The van der Waals surface area contributed by atoms with Crippen molar-refractivity contribution in [3.63, 3.8) is 0 Å². The lowest BCUT2D eigenvalue weighted by Crippen LogP contribution is -2.45. The smallest absolute Gasteiger partial charge is 0.243 e. The van der Waals surface area contributed by atoms with Crippen LogP contribution in [0, 0.1) is 20.8 Å². The van der Waals surface area contributed by atoms with Gasteiger partial charge in [-0.15, -0.1) is 0 Å². The molecule has 6 heteroatoms. The standard InChI is InChI=1S/C22H28N2O3S/c1-16-8-11-20(12-9-16)28(26,27)24-13-5-4-6-19(24)15-22(25)23-21-14-17(2)7-10-18(21)3/h7-12,14,19H,4-6,13,15H2,1-3H3,(H,23,25)/t19-/m0/s1. The predicted octanol–water partition coefficient (Wildman–Crippen LogP) is 4.18. The van der Waals surface area contributed by atoms with E-state index in [2.05, 4.69) is 5.32 Å². The highest BCUT2D eigenvalue weighted by Gasteiger charge is 2.34. The highest BCUT2D eigenvalue weighted by atomic mass is 32.2. The van der Waals surface area contributed by atoms with Gasteiger partial charge in [-0.3, -0.25) is 4.79 Å². The minimum atomic E-state index is -3.61. The molecule has 0 aromatic heterocycles. The zero-order valence-corrected chi connectivity index (χ0v) is 17.6. The van der Waals surface area contributed by atoms with Gasteiger partial charge in [0.1, 0.15) is 0 Å². The zero-order valence-electron chi connectivity index (χ0n) is 16.7. The molecule has 1 aliphatic heterocycles. The second-order valence-electron chi connectivity index (χ2n) is 7.65. The van der Waals surface area contributed by atoms with Crippen LogP contribution in [0.5, 0.6) is 0 Å². The summed E-state index contributed by atoms with van der Waals surface area (Å²) >= 11 is 0. The molecule has 1 amide bonds. The Morgan fingerprint density at radius 1 is 1.04 bits per heavy atom. The predicted molar refractivity (Wildman–Crippen MR) is 112 cm³/mol. The van der Waals surface area contributed by atoms with Crippen molar-refractivity contribution >= 4 is 21.6 Å². The molecule has 1 fully saturated rings. The fourth-order valence-corrected chi connectivity index (χ4v) is 5.32. The molecule has 0 spiro atoms. The lowest BCUT2D eigenvalue weighted by atomic mass is 10.0. The number of sulfonamides is 1. The van der Waals surface area contributed by atoms with E-state index in [0.717, 1.165) is 35.2 Å². The maximum Gasteiger partial charge on any atom is 0.243 e. The van der Waals surface area contributed by atoms with E-state index >= 15 is 0 Å². The maximum atomic E-state index is 13.1. The van der Waals surface area contributed by atoms with Crippen LogP contribution in [0.4, 0.5) is 5.69 Å². The van der Waals surface area contributed by atoms with E-state index in [1.807, 2.05) is 39.0 Å². The molecule has 2 aromatic carbocycles. The first-order valence-corrected chi connectivity index (χ1v) is 11.2. The number of piperidine rings is 1. The van der Waals surface area contributed by atoms with Gasteiger partial charge in [0.15, 0.2) is 0 Å². The Kier molecular flexibility index (Phi) is 6.20. The van der Waals surface area contributed by atoms with Crippen molar-refractivity contribution in [2.75, 3.05) is 11.9 Å². The number of nitrogens with one attached hydrogen (secondary N) is 1. The molecular weight excluding hydrogens is 372 g/mol. The Morgan fingerprint density at radius 2 is 1.71 bits per heavy atom. The topological polar surface area (TPSA) is 66.5 Å². The molecule has 1 saturated heterocycles. The van der Waals surface area contributed by atoms with Gasteiger partial charge in [-0.25, -0.2) is 8.42 Å². The van der Waals surface area contributed by atoms with Gasteiger partial charge in [-0.05, 0) is 62.9 Å². The fourth-order valence-electron chi connectivity index (χ4n) is 3.63. The van der Waals surface area contributed by atoms with Gasteiger partial charge < -0.3 is 5.32 Å². The molecule has 0 radical (unpaired) electrons. The SMILES string of the molecule is Cc1ccc(S(=O)(=O)N2CCCC[C@H]2CC(=O)Nc2cc(C)ccc2C)cc1. The van der Waals surface area contributed by atoms with Crippen LogP contribution in [0.1, 0.15) is 42.4 Å². The highest BCUT2D eigenvalue weighted by Crippen LogP contribution is 2.28. The second-order valence-corrected chi connectivity index (χ2v) is 9.54. The Bertz CT molecular complexity index is 952. The van der Waals surface area contributed by atoms with Crippen LogP contribution in [0.25, 0.3) is 0 Å². The summed E-state index contributed by atoms with van der Waals surface area (Å²) in [5, 5.41) is 2.96. The molecule has 28 heavy (non-hydrogen) atoms. The number of carbonyl (C=O) groups is 1. The maximum absolute atomic E-state index is 13.1. The molecule has 0 aliphatic carbocycles. The Balaban J connectivity index is 1.76. The average molecular weight is 401 g/mol. The molecule has 0 saturated carbocycles. The number of aryl methyl sites for hydroxylation is 3. The molecular formula is C22H28N2O3S. The summed E-state index contributed by atoms with van der Waals surface area (Å²) in [5.41, 5.74) is 3.87. The Labute approximate surface area is 167 Å². The van der Waals surface area contributed by atoms with Crippen molar-refractivity contribution < 1.29 is 13.2 Å². The van der Waals surface area contributed by atoms with E-state index in [9.17, 15) is 13.2 Å². The number of amides is 1. The molecule has 5 nitrogen and oxygen atoms in total. The van der Waals surface area contributed by atoms with Crippen molar-refractivity contribution in [2.45, 2.75) is 57.4 Å². The average Bonchev–Trinajstić information content (AvgIpc) is 2.65. The molecule has 3 rings (SSSR count). The van der Waals surface area contributed by atoms with E-state index < -0.39 is 10.0 Å². The van der Waals surface area contributed by atoms with E-state index in [1.54, 1.807) is 24.3 Å². The van der Waals surface area contributed by atoms with E-state index in [0.29, 0.717) is 17.9 Å². The first-order valence-electron chi connectivity index (χ1n) is 9.73. The molecule has 1 atom stereocenters. The van der Waals surface area contributed by atoms with Crippen molar-refractivity contribution in [1.29, 1.82) is 0 Å². The van der Waals surface area contributed by atoms with Crippen LogP contribution in [-0.4, -0.2) is 31.2 Å². The van der Waals surface area contributed by atoms with Gasteiger partial charge in [-0.1, -0.05) is 36.2 Å². The molecule has 1 heterocycles. The minimum Gasteiger partial charge on any atom is -0.326 e. The first-order chi connectivity index (χ1) is 13.3. The zero-order chi connectivity index (χ0) is 20.3. The summed E-state index contributed by atoms with van der Waals surface area (Å²) in [5.74, 6) is -0.148. The van der Waals surface area contributed by atoms with Crippen molar-refractivity contribution in [1.82, 2.24) is 4.31 Å². The number of hydrogen-bond acceptors (Lipinski definition) is 3. The summed E-state index contributed by atoms with van der Waals surface area (Å²) in [6.07, 6.45) is 2.62. The molecule has 0 bridgehead atoms. The Morgan fingerprint density at radius 3 is 2.43 bits per heavy atom. The third-order valence-corrected chi connectivity index (χ3v) is 7.25. The van der Waals surface area contributed by atoms with E-state index in [4.69, 9.17) is 0 Å². The van der Waals surface area contributed by atoms with Crippen molar-refractivity contribution in [3.8, 4) is 0 Å². The van der Waals surface area contributed by atoms with Gasteiger partial charge >= 0.3 is 0 Å². The van der Waals surface area contributed by atoms with Crippen LogP contribution in [-0.2, 0) is 14.8 Å². The number of carbonyl (C=O) groups excluding carboxylic acids is 1.